The molecule has 222 valence electrons. The molecule has 1 atom stereocenters. The highest BCUT2D eigenvalue weighted by Gasteiger charge is 2.48. The lowest BCUT2D eigenvalue weighted by atomic mass is 9.65. The summed E-state index contributed by atoms with van der Waals surface area (Å²) < 4.78 is 0. The van der Waals surface area contributed by atoms with Crippen LogP contribution < -0.4 is 0 Å². The highest BCUT2D eigenvalue weighted by molar-refractivity contribution is 5.92. The molecule has 0 amide bonds. The van der Waals surface area contributed by atoms with Gasteiger partial charge >= 0.3 is 0 Å². The summed E-state index contributed by atoms with van der Waals surface area (Å²) in [7, 11) is 0. The number of hydrogen-bond acceptors (Lipinski definition) is 1. The Morgan fingerprint density at radius 2 is 1.35 bits per heavy atom. The number of rotatable bonds is 6. The van der Waals surface area contributed by atoms with E-state index in [0.29, 0.717) is 0 Å². The number of hydrogen-bond donors (Lipinski definition) is 1. The summed E-state index contributed by atoms with van der Waals surface area (Å²) in [6, 6.07) is 43.3. The fraction of sp³-hybridized carbons (Fsp3) is 0.0667. The number of allylic oxidation sites excluding steroid dienone is 9. The number of aliphatic hydroxyl groups excluding tert-OH is 1. The van der Waals surface area contributed by atoms with E-state index in [2.05, 4.69) is 153 Å². The van der Waals surface area contributed by atoms with E-state index in [4.69, 9.17) is 0 Å². The van der Waals surface area contributed by atoms with E-state index in [1.54, 1.807) is 0 Å². The van der Waals surface area contributed by atoms with Gasteiger partial charge in [-0.25, -0.2) is 0 Å². The first-order valence-corrected chi connectivity index (χ1v) is 15.8. The van der Waals surface area contributed by atoms with Gasteiger partial charge in [-0.1, -0.05) is 158 Å². The second kappa shape index (κ2) is 12.4. The second-order valence-corrected chi connectivity index (χ2v) is 11.9. The SMILES string of the molecule is C=C/C(=C\C(=C/C)c1ccc2c(c1)-c1ccccc1C21C(=C\O)/C=C\C=C/c2ccccc21)c1cccc(Cc2ccccc2)c1. The van der Waals surface area contributed by atoms with Crippen LogP contribution in [0.3, 0.4) is 0 Å². The predicted molar refractivity (Wildman–Crippen MR) is 195 cm³/mol. The molecule has 0 heterocycles. The summed E-state index contributed by atoms with van der Waals surface area (Å²) >= 11 is 0. The average Bonchev–Trinajstić information content (AvgIpc) is 3.39. The van der Waals surface area contributed by atoms with Crippen molar-refractivity contribution in [3.05, 3.63) is 221 Å². The molecule has 1 unspecified atom stereocenters. The van der Waals surface area contributed by atoms with Crippen LogP contribution in [0.15, 0.2) is 176 Å². The number of fused-ring (bicyclic) bond motifs is 7. The van der Waals surface area contributed by atoms with Gasteiger partial charge < -0.3 is 5.11 Å². The van der Waals surface area contributed by atoms with Crippen molar-refractivity contribution in [2.75, 3.05) is 0 Å². The molecule has 5 aromatic rings. The third kappa shape index (κ3) is 4.91. The Hall–Kier alpha value is -5.66. The Morgan fingerprint density at radius 1 is 0.652 bits per heavy atom. The number of benzene rings is 5. The summed E-state index contributed by atoms with van der Waals surface area (Å²) in [4.78, 5) is 0. The van der Waals surface area contributed by atoms with Gasteiger partial charge in [0.15, 0.2) is 0 Å². The van der Waals surface area contributed by atoms with Gasteiger partial charge in [0.25, 0.3) is 0 Å². The topological polar surface area (TPSA) is 20.2 Å². The minimum atomic E-state index is -0.644. The zero-order valence-electron chi connectivity index (χ0n) is 26.0. The molecule has 0 radical (unpaired) electrons. The lowest BCUT2D eigenvalue weighted by Gasteiger charge is -2.35. The summed E-state index contributed by atoms with van der Waals surface area (Å²) in [5, 5.41) is 10.8. The summed E-state index contributed by atoms with van der Waals surface area (Å²) in [6.45, 7) is 6.29. The van der Waals surface area contributed by atoms with Crippen molar-refractivity contribution in [3.8, 4) is 11.1 Å². The highest BCUT2D eigenvalue weighted by Crippen LogP contribution is 2.58. The van der Waals surface area contributed by atoms with E-state index in [-0.39, 0.29) is 0 Å². The summed E-state index contributed by atoms with van der Waals surface area (Å²) in [5.74, 6) is 0. The standard InChI is InChI=1S/C45H36O/c1-3-34(37-20-14-17-33(28-37)27-32-15-6-5-7-16-32)29-35(4-2)38-25-26-44-41(30-38)40-22-11-13-24-43(40)45(44)39(31-46)21-10-8-18-36-19-9-12-23-42(36)45/h3-26,28-31,46H,1,27H2,2H3/b18-8-,21-10-,34-29+,35-4+,39-31-. The monoisotopic (exact) mass is 592 g/mol. The van der Waals surface area contributed by atoms with Gasteiger partial charge in [-0.15, -0.1) is 0 Å². The minimum Gasteiger partial charge on any atom is -0.515 e. The van der Waals surface area contributed by atoms with E-state index in [9.17, 15) is 5.11 Å². The van der Waals surface area contributed by atoms with Crippen LogP contribution in [0.1, 0.15) is 51.4 Å². The maximum absolute atomic E-state index is 10.8. The summed E-state index contributed by atoms with van der Waals surface area (Å²) in [5.41, 5.74) is 14.3. The minimum absolute atomic E-state index is 0.644. The first kappa shape index (κ1) is 29.1. The molecule has 2 aliphatic rings. The van der Waals surface area contributed by atoms with Crippen LogP contribution in [0.25, 0.3) is 28.3 Å². The van der Waals surface area contributed by atoms with Crippen LogP contribution in [0.4, 0.5) is 0 Å². The molecule has 0 bridgehead atoms. The predicted octanol–water partition coefficient (Wildman–Crippen LogP) is 11.3. The highest BCUT2D eigenvalue weighted by atomic mass is 16.2. The smallest absolute Gasteiger partial charge is 0.0839 e. The molecule has 1 N–H and O–H groups in total. The van der Waals surface area contributed by atoms with E-state index in [1.807, 2.05) is 24.3 Å². The van der Waals surface area contributed by atoms with Crippen molar-refractivity contribution in [2.24, 2.45) is 0 Å². The summed E-state index contributed by atoms with van der Waals surface area (Å²) in [6.07, 6.45) is 16.8. The molecule has 0 aromatic heterocycles. The largest absolute Gasteiger partial charge is 0.515 e. The van der Waals surface area contributed by atoms with Gasteiger partial charge in [-0.3, -0.25) is 0 Å². The normalized spacial score (nSPS) is 19.1. The van der Waals surface area contributed by atoms with Crippen molar-refractivity contribution in [1.29, 1.82) is 0 Å². The van der Waals surface area contributed by atoms with Gasteiger partial charge in [0, 0.05) is 5.57 Å². The van der Waals surface area contributed by atoms with E-state index >= 15 is 0 Å². The number of aliphatic hydroxyl groups is 1. The van der Waals surface area contributed by atoms with E-state index in [0.717, 1.165) is 45.4 Å². The molecule has 1 heteroatoms. The van der Waals surface area contributed by atoms with Gasteiger partial charge in [0.2, 0.25) is 0 Å². The third-order valence-electron chi connectivity index (χ3n) is 9.33. The van der Waals surface area contributed by atoms with Crippen LogP contribution in [0.5, 0.6) is 0 Å². The fourth-order valence-corrected chi connectivity index (χ4v) is 7.24. The second-order valence-electron chi connectivity index (χ2n) is 11.9. The van der Waals surface area contributed by atoms with Gasteiger partial charge in [0.1, 0.15) is 0 Å². The Bertz CT molecular complexity index is 2100. The lowest BCUT2D eigenvalue weighted by Crippen LogP contribution is -2.30. The zero-order valence-corrected chi connectivity index (χ0v) is 26.0. The fourth-order valence-electron chi connectivity index (χ4n) is 7.24. The van der Waals surface area contributed by atoms with Crippen LogP contribution in [-0.4, -0.2) is 5.11 Å². The molecule has 0 aliphatic heterocycles. The molecule has 2 aliphatic carbocycles. The maximum atomic E-state index is 10.8. The van der Waals surface area contributed by atoms with Crippen molar-refractivity contribution in [2.45, 2.75) is 18.8 Å². The first-order valence-electron chi connectivity index (χ1n) is 15.8. The molecule has 0 saturated heterocycles. The van der Waals surface area contributed by atoms with E-state index < -0.39 is 5.41 Å². The Morgan fingerprint density at radius 3 is 2.15 bits per heavy atom. The molecule has 0 fully saturated rings. The van der Waals surface area contributed by atoms with Crippen LogP contribution in [0, 0.1) is 0 Å². The molecule has 0 saturated carbocycles. The molecule has 7 rings (SSSR count). The first-order chi connectivity index (χ1) is 22.7. The van der Waals surface area contributed by atoms with Crippen LogP contribution >= 0.6 is 0 Å². The van der Waals surface area contributed by atoms with Gasteiger partial charge in [-0.2, -0.15) is 0 Å². The molecular weight excluding hydrogens is 556 g/mol. The Kier molecular flexibility index (Phi) is 7.83. The van der Waals surface area contributed by atoms with Crippen LogP contribution in [0.2, 0.25) is 0 Å². The zero-order chi connectivity index (χ0) is 31.5. The van der Waals surface area contributed by atoms with Gasteiger partial charge in [-0.05, 0) is 92.3 Å². The molecule has 46 heavy (non-hydrogen) atoms. The lowest BCUT2D eigenvalue weighted by molar-refractivity contribution is 0.461. The molecule has 1 spiro atoms. The van der Waals surface area contributed by atoms with E-state index in [1.165, 1.54) is 39.6 Å². The Labute approximate surface area is 272 Å². The van der Waals surface area contributed by atoms with Crippen molar-refractivity contribution >= 4 is 17.2 Å². The van der Waals surface area contributed by atoms with Crippen molar-refractivity contribution in [1.82, 2.24) is 0 Å². The van der Waals surface area contributed by atoms with Crippen LogP contribution in [-0.2, 0) is 11.8 Å². The third-order valence-corrected chi connectivity index (χ3v) is 9.33. The Balaban J connectivity index is 1.35. The van der Waals surface area contributed by atoms with Crippen molar-refractivity contribution < 1.29 is 5.11 Å². The van der Waals surface area contributed by atoms with Crippen molar-refractivity contribution in [3.63, 3.8) is 0 Å². The molecule has 1 nitrogen and oxygen atoms in total. The maximum Gasteiger partial charge on any atom is 0.0839 e. The quantitative estimate of drug-likeness (QED) is 0.154. The average molecular weight is 593 g/mol. The molecular formula is C45H36O. The molecule has 5 aromatic carbocycles. The van der Waals surface area contributed by atoms with Gasteiger partial charge in [0.05, 0.1) is 11.7 Å².